The molecular formula is C16H21N3O2. The molecule has 0 aliphatic heterocycles. The first-order valence-corrected chi connectivity index (χ1v) is 7.25. The van der Waals surface area contributed by atoms with Crippen molar-refractivity contribution in [1.29, 1.82) is 0 Å². The minimum atomic E-state index is -0.129. The normalized spacial score (nSPS) is 10.5. The molecule has 1 aromatic heterocycles. The summed E-state index contributed by atoms with van der Waals surface area (Å²) in [5.41, 5.74) is 2.17. The molecule has 5 nitrogen and oxygen atoms in total. The number of benzene rings is 1. The SMILES string of the molecule is CCOC(=O)CCCNCc1cnn(-c2ccccc2)c1. The van der Waals surface area contributed by atoms with Crippen molar-refractivity contribution in [3.63, 3.8) is 0 Å². The number of hydrogen-bond donors (Lipinski definition) is 1. The van der Waals surface area contributed by atoms with Gasteiger partial charge in [0.2, 0.25) is 0 Å². The van der Waals surface area contributed by atoms with Crippen molar-refractivity contribution in [2.45, 2.75) is 26.3 Å². The van der Waals surface area contributed by atoms with E-state index in [1.165, 1.54) is 0 Å². The van der Waals surface area contributed by atoms with Crippen molar-refractivity contribution >= 4 is 5.97 Å². The number of hydrogen-bond acceptors (Lipinski definition) is 4. The Bertz CT molecular complexity index is 552. The third kappa shape index (κ3) is 5.04. The molecule has 0 saturated heterocycles. The molecule has 112 valence electrons. The summed E-state index contributed by atoms with van der Waals surface area (Å²) >= 11 is 0. The van der Waals surface area contributed by atoms with Gasteiger partial charge in [-0.25, -0.2) is 4.68 Å². The van der Waals surface area contributed by atoms with Gasteiger partial charge in [0, 0.05) is 24.7 Å². The number of para-hydroxylation sites is 1. The number of carbonyl (C=O) groups excluding carboxylic acids is 1. The highest BCUT2D eigenvalue weighted by Crippen LogP contribution is 2.07. The topological polar surface area (TPSA) is 56.1 Å². The van der Waals surface area contributed by atoms with Crippen LogP contribution in [-0.2, 0) is 16.1 Å². The second-order valence-electron chi connectivity index (χ2n) is 4.71. The lowest BCUT2D eigenvalue weighted by Gasteiger charge is -2.03. The van der Waals surface area contributed by atoms with Gasteiger partial charge in [-0.15, -0.1) is 0 Å². The van der Waals surface area contributed by atoms with E-state index in [-0.39, 0.29) is 5.97 Å². The molecule has 0 fully saturated rings. The van der Waals surface area contributed by atoms with Gasteiger partial charge >= 0.3 is 5.97 Å². The highest BCUT2D eigenvalue weighted by Gasteiger charge is 2.02. The summed E-state index contributed by atoms with van der Waals surface area (Å²) in [6.45, 7) is 3.80. The number of aromatic nitrogens is 2. The molecule has 0 bridgehead atoms. The average molecular weight is 287 g/mol. The van der Waals surface area contributed by atoms with Gasteiger partial charge in [-0.1, -0.05) is 18.2 Å². The summed E-state index contributed by atoms with van der Waals surface area (Å²) in [6, 6.07) is 10.0. The van der Waals surface area contributed by atoms with Gasteiger partial charge in [0.25, 0.3) is 0 Å². The molecular weight excluding hydrogens is 266 g/mol. The fraction of sp³-hybridized carbons (Fsp3) is 0.375. The lowest BCUT2D eigenvalue weighted by molar-refractivity contribution is -0.143. The fourth-order valence-corrected chi connectivity index (χ4v) is 2.00. The number of carbonyl (C=O) groups is 1. The zero-order valence-electron chi connectivity index (χ0n) is 12.3. The highest BCUT2D eigenvalue weighted by atomic mass is 16.5. The van der Waals surface area contributed by atoms with E-state index in [4.69, 9.17) is 4.74 Å². The smallest absolute Gasteiger partial charge is 0.305 e. The Balaban J connectivity index is 1.70. The van der Waals surface area contributed by atoms with Gasteiger partial charge in [0.1, 0.15) is 0 Å². The Hall–Kier alpha value is -2.14. The summed E-state index contributed by atoms with van der Waals surface area (Å²) in [4.78, 5) is 11.2. The minimum Gasteiger partial charge on any atom is -0.466 e. The van der Waals surface area contributed by atoms with Crippen LogP contribution in [0, 0.1) is 0 Å². The van der Waals surface area contributed by atoms with Gasteiger partial charge < -0.3 is 10.1 Å². The second-order valence-corrected chi connectivity index (χ2v) is 4.71. The number of ether oxygens (including phenoxy) is 1. The molecule has 1 heterocycles. The third-order valence-corrected chi connectivity index (χ3v) is 3.03. The van der Waals surface area contributed by atoms with Gasteiger partial charge in [-0.3, -0.25) is 4.79 Å². The standard InChI is InChI=1S/C16H21N3O2/c1-2-21-16(20)9-6-10-17-11-14-12-18-19(13-14)15-7-4-3-5-8-15/h3-5,7-8,12-13,17H,2,6,9-11H2,1H3. The highest BCUT2D eigenvalue weighted by molar-refractivity contribution is 5.69. The summed E-state index contributed by atoms with van der Waals surface area (Å²) in [6.07, 6.45) is 5.11. The van der Waals surface area contributed by atoms with Crippen LogP contribution in [0.2, 0.25) is 0 Å². The van der Waals surface area contributed by atoms with E-state index in [0.717, 1.165) is 30.8 Å². The Morgan fingerprint density at radius 1 is 1.33 bits per heavy atom. The minimum absolute atomic E-state index is 0.129. The second kappa shape index (κ2) is 8.21. The van der Waals surface area contributed by atoms with Crippen LogP contribution in [0.25, 0.3) is 5.69 Å². The first-order chi connectivity index (χ1) is 10.3. The number of esters is 1. The van der Waals surface area contributed by atoms with E-state index in [1.807, 2.05) is 54.3 Å². The summed E-state index contributed by atoms with van der Waals surface area (Å²) in [5.74, 6) is -0.129. The van der Waals surface area contributed by atoms with Crippen LogP contribution in [0.1, 0.15) is 25.3 Å². The van der Waals surface area contributed by atoms with E-state index >= 15 is 0 Å². The molecule has 1 aromatic carbocycles. The number of rotatable bonds is 8. The predicted octanol–water partition coefficient (Wildman–Crippen LogP) is 2.31. The molecule has 0 atom stereocenters. The van der Waals surface area contributed by atoms with Crippen LogP contribution in [0.5, 0.6) is 0 Å². The van der Waals surface area contributed by atoms with Crippen LogP contribution < -0.4 is 5.32 Å². The molecule has 1 N–H and O–H groups in total. The Morgan fingerprint density at radius 2 is 2.14 bits per heavy atom. The van der Waals surface area contributed by atoms with Crippen LogP contribution in [0.3, 0.4) is 0 Å². The van der Waals surface area contributed by atoms with Crippen molar-refractivity contribution < 1.29 is 9.53 Å². The molecule has 21 heavy (non-hydrogen) atoms. The third-order valence-electron chi connectivity index (χ3n) is 3.03. The zero-order valence-corrected chi connectivity index (χ0v) is 12.3. The maximum absolute atomic E-state index is 11.2. The van der Waals surface area contributed by atoms with Gasteiger partial charge in [-0.05, 0) is 32.0 Å². The number of nitrogens with one attached hydrogen (secondary N) is 1. The van der Waals surface area contributed by atoms with E-state index in [0.29, 0.717) is 13.0 Å². The molecule has 0 spiro atoms. The van der Waals surface area contributed by atoms with Crippen molar-refractivity contribution in [2.75, 3.05) is 13.2 Å². The molecule has 0 saturated carbocycles. The van der Waals surface area contributed by atoms with Crippen LogP contribution in [0.4, 0.5) is 0 Å². The van der Waals surface area contributed by atoms with Crippen molar-refractivity contribution in [1.82, 2.24) is 15.1 Å². The maximum atomic E-state index is 11.2. The summed E-state index contributed by atoms with van der Waals surface area (Å²) in [5, 5.41) is 7.64. The first-order valence-electron chi connectivity index (χ1n) is 7.25. The monoisotopic (exact) mass is 287 g/mol. The molecule has 2 rings (SSSR count). The number of nitrogens with zero attached hydrogens (tertiary/aromatic N) is 2. The Labute approximate surface area is 124 Å². The lowest BCUT2D eigenvalue weighted by atomic mass is 10.3. The van der Waals surface area contributed by atoms with E-state index in [2.05, 4.69) is 10.4 Å². The molecule has 0 amide bonds. The van der Waals surface area contributed by atoms with Crippen LogP contribution in [-0.4, -0.2) is 28.9 Å². The van der Waals surface area contributed by atoms with Crippen LogP contribution >= 0.6 is 0 Å². The molecule has 0 aliphatic rings. The largest absolute Gasteiger partial charge is 0.466 e. The first kappa shape index (κ1) is 15.3. The van der Waals surface area contributed by atoms with E-state index < -0.39 is 0 Å². The summed E-state index contributed by atoms with van der Waals surface area (Å²) in [7, 11) is 0. The zero-order chi connectivity index (χ0) is 14.9. The fourth-order valence-electron chi connectivity index (χ4n) is 2.00. The molecule has 0 unspecified atom stereocenters. The molecule has 0 aliphatic carbocycles. The Kier molecular flexibility index (Phi) is 5.97. The van der Waals surface area contributed by atoms with Crippen molar-refractivity contribution in [3.05, 3.63) is 48.3 Å². The molecule has 5 heteroatoms. The Morgan fingerprint density at radius 3 is 2.90 bits per heavy atom. The predicted molar refractivity (Wildman–Crippen MR) is 81.1 cm³/mol. The lowest BCUT2D eigenvalue weighted by Crippen LogP contribution is -2.16. The van der Waals surface area contributed by atoms with Gasteiger partial charge in [0.15, 0.2) is 0 Å². The van der Waals surface area contributed by atoms with Crippen molar-refractivity contribution in [2.24, 2.45) is 0 Å². The maximum Gasteiger partial charge on any atom is 0.305 e. The molecule has 2 aromatic rings. The quantitative estimate of drug-likeness (QED) is 0.598. The summed E-state index contributed by atoms with van der Waals surface area (Å²) < 4.78 is 6.74. The van der Waals surface area contributed by atoms with E-state index in [9.17, 15) is 4.79 Å². The van der Waals surface area contributed by atoms with E-state index in [1.54, 1.807) is 0 Å². The average Bonchev–Trinajstić information content (AvgIpc) is 2.97. The van der Waals surface area contributed by atoms with Gasteiger partial charge in [-0.2, -0.15) is 5.10 Å². The van der Waals surface area contributed by atoms with Crippen LogP contribution in [0.15, 0.2) is 42.7 Å². The van der Waals surface area contributed by atoms with Gasteiger partial charge in [0.05, 0.1) is 18.5 Å². The molecule has 0 radical (unpaired) electrons. The van der Waals surface area contributed by atoms with Crippen molar-refractivity contribution in [3.8, 4) is 5.69 Å².